The predicted molar refractivity (Wildman–Crippen MR) is 238 cm³/mol. The van der Waals surface area contributed by atoms with Crippen LogP contribution in [-0.4, -0.2) is 0 Å². The number of benzene rings is 9. The van der Waals surface area contributed by atoms with Crippen molar-refractivity contribution in [3.05, 3.63) is 206 Å². The molecule has 0 aliphatic carbocycles. The zero-order valence-electron chi connectivity index (χ0n) is 30.9. The normalized spacial score (nSPS) is 11.5. The summed E-state index contributed by atoms with van der Waals surface area (Å²) in [7, 11) is 0. The van der Waals surface area contributed by atoms with Crippen molar-refractivity contribution in [2.75, 3.05) is 5.32 Å². The standard InChI is InChI=1S/C54H35NO2/c1-2-11-35(12-3-1)36-23-25-37(26-24-36)39-29-32-50(55-42-30-27-38(28-31-42)43-17-9-19-47-45-15-4-6-21-51(45)56-53(43)47)49(34-39)41-14-8-13-40(33-41)44-18-10-20-48-46-16-5-7-22-52(46)57-54(44)48/h1-34,55H. The number of hydrogen-bond donors (Lipinski definition) is 1. The quantitative estimate of drug-likeness (QED) is 0.177. The summed E-state index contributed by atoms with van der Waals surface area (Å²) in [5, 5.41) is 8.29. The Morgan fingerprint density at radius 3 is 1.39 bits per heavy atom. The molecule has 0 unspecified atom stereocenters. The van der Waals surface area contributed by atoms with Crippen LogP contribution in [0.4, 0.5) is 11.4 Å². The van der Waals surface area contributed by atoms with E-state index in [2.05, 4.69) is 187 Å². The van der Waals surface area contributed by atoms with E-state index in [4.69, 9.17) is 8.83 Å². The largest absolute Gasteiger partial charge is 0.455 e. The van der Waals surface area contributed by atoms with Gasteiger partial charge < -0.3 is 14.2 Å². The molecule has 2 heterocycles. The zero-order valence-corrected chi connectivity index (χ0v) is 30.9. The first kappa shape index (κ1) is 32.8. The fourth-order valence-corrected chi connectivity index (χ4v) is 8.25. The lowest BCUT2D eigenvalue weighted by atomic mass is 9.93. The van der Waals surface area contributed by atoms with Crippen LogP contribution in [0.15, 0.2) is 215 Å². The molecular formula is C54H35NO2. The Balaban J connectivity index is 0.987. The van der Waals surface area contributed by atoms with E-state index >= 15 is 0 Å². The van der Waals surface area contributed by atoms with Gasteiger partial charge in [-0.25, -0.2) is 0 Å². The average molecular weight is 730 g/mol. The molecule has 57 heavy (non-hydrogen) atoms. The maximum Gasteiger partial charge on any atom is 0.143 e. The molecule has 0 saturated heterocycles. The number of rotatable bonds is 7. The molecule has 0 bridgehead atoms. The van der Waals surface area contributed by atoms with Crippen molar-refractivity contribution in [1.29, 1.82) is 0 Å². The second-order valence-corrected chi connectivity index (χ2v) is 14.5. The van der Waals surface area contributed by atoms with Crippen LogP contribution in [0.2, 0.25) is 0 Å². The summed E-state index contributed by atoms with van der Waals surface area (Å²) in [6.45, 7) is 0. The Labute approximate surface area is 330 Å². The number of nitrogens with one attached hydrogen (secondary N) is 1. The van der Waals surface area contributed by atoms with Crippen LogP contribution >= 0.6 is 0 Å². The summed E-state index contributed by atoms with van der Waals surface area (Å²) in [5.74, 6) is 0. The molecule has 0 atom stereocenters. The number of hydrogen-bond acceptors (Lipinski definition) is 3. The van der Waals surface area contributed by atoms with E-state index in [1.54, 1.807) is 0 Å². The molecule has 0 fully saturated rings. The highest BCUT2D eigenvalue weighted by Crippen LogP contribution is 2.41. The van der Waals surface area contributed by atoms with Gasteiger partial charge >= 0.3 is 0 Å². The second-order valence-electron chi connectivity index (χ2n) is 14.5. The summed E-state index contributed by atoms with van der Waals surface area (Å²) >= 11 is 0. The average Bonchev–Trinajstić information content (AvgIpc) is 3.86. The van der Waals surface area contributed by atoms with Gasteiger partial charge in [-0.1, -0.05) is 164 Å². The molecular weight excluding hydrogens is 695 g/mol. The molecule has 268 valence electrons. The summed E-state index contributed by atoms with van der Waals surface area (Å²) in [4.78, 5) is 0. The number of fused-ring (bicyclic) bond motifs is 6. The van der Waals surface area contributed by atoms with Crippen LogP contribution in [0, 0.1) is 0 Å². The second kappa shape index (κ2) is 13.6. The molecule has 11 aromatic rings. The van der Waals surface area contributed by atoms with Gasteiger partial charge in [0.25, 0.3) is 0 Å². The molecule has 0 radical (unpaired) electrons. The van der Waals surface area contributed by atoms with Crippen molar-refractivity contribution in [2.45, 2.75) is 0 Å². The van der Waals surface area contributed by atoms with Crippen molar-refractivity contribution in [1.82, 2.24) is 0 Å². The number of anilines is 2. The maximum atomic E-state index is 6.47. The molecule has 0 aliphatic heterocycles. The fourth-order valence-electron chi connectivity index (χ4n) is 8.25. The van der Waals surface area contributed by atoms with Crippen LogP contribution in [-0.2, 0) is 0 Å². The maximum absolute atomic E-state index is 6.47. The van der Waals surface area contributed by atoms with Gasteiger partial charge in [-0.15, -0.1) is 0 Å². The Morgan fingerprint density at radius 2 is 0.737 bits per heavy atom. The highest BCUT2D eigenvalue weighted by atomic mass is 16.3. The van der Waals surface area contributed by atoms with Crippen LogP contribution in [0.25, 0.3) is 99.5 Å². The van der Waals surface area contributed by atoms with E-state index in [1.807, 2.05) is 24.3 Å². The summed E-state index contributed by atoms with van der Waals surface area (Å²) in [6, 6.07) is 72.8. The molecule has 11 rings (SSSR count). The Hall–Kier alpha value is -7.62. The molecule has 0 amide bonds. The van der Waals surface area contributed by atoms with Crippen LogP contribution < -0.4 is 5.32 Å². The molecule has 0 saturated carbocycles. The third-order valence-corrected chi connectivity index (χ3v) is 11.1. The fraction of sp³-hybridized carbons (Fsp3) is 0. The van der Waals surface area contributed by atoms with Gasteiger partial charge in [0.1, 0.15) is 22.3 Å². The first-order valence-electron chi connectivity index (χ1n) is 19.3. The van der Waals surface area contributed by atoms with E-state index < -0.39 is 0 Å². The molecule has 0 aliphatic rings. The summed E-state index contributed by atoms with van der Waals surface area (Å²) in [5.41, 5.74) is 16.9. The Morgan fingerprint density at radius 1 is 0.281 bits per heavy atom. The Bertz CT molecular complexity index is 3240. The van der Waals surface area contributed by atoms with Crippen molar-refractivity contribution in [3.63, 3.8) is 0 Å². The van der Waals surface area contributed by atoms with Gasteiger partial charge in [-0.3, -0.25) is 0 Å². The number of para-hydroxylation sites is 4. The van der Waals surface area contributed by atoms with Crippen LogP contribution in [0.1, 0.15) is 0 Å². The van der Waals surface area contributed by atoms with Crippen molar-refractivity contribution >= 4 is 55.3 Å². The Kier molecular flexibility index (Phi) is 7.82. The van der Waals surface area contributed by atoms with E-state index in [0.29, 0.717) is 0 Å². The molecule has 1 N–H and O–H groups in total. The van der Waals surface area contributed by atoms with Gasteiger partial charge in [0.2, 0.25) is 0 Å². The SMILES string of the molecule is c1ccc(-c2ccc(-c3ccc(Nc4ccc(-c5cccc6c5oc5ccccc56)cc4)c(-c4cccc(-c5cccc6c5oc5ccccc56)c4)c3)cc2)cc1. The van der Waals surface area contributed by atoms with E-state index in [1.165, 1.54) is 11.1 Å². The molecule has 9 aromatic carbocycles. The lowest BCUT2D eigenvalue weighted by molar-refractivity contribution is 0.669. The van der Waals surface area contributed by atoms with Gasteiger partial charge in [0.15, 0.2) is 0 Å². The minimum Gasteiger partial charge on any atom is -0.455 e. The summed E-state index contributed by atoms with van der Waals surface area (Å²) < 4.78 is 12.8. The third kappa shape index (κ3) is 5.85. The number of furan rings is 2. The topological polar surface area (TPSA) is 38.3 Å². The molecule has 3 heteroatoms. The molecule has 3 nitrogen and oxygen atoms in total. The van der Waals surface area contributed by atoms with E-state index in [9.17, 15) is 0 Å². The van der Waals surface area contributed by atoms with Gasteiger partial charge in [0.05, 0.1) is 0 Å². The van der Waals surface area contributed by atoms with Crippen LogP contribution in [0.5, 0.6) is 0 Å². The van der Waals surface area contributed by atoms with Crippen LogP contribution in [0.3, 0.4) is 0 Å². The van der Waals surface area contributed by atoms with Gasteiger partial charge in [-0.2, -0.15) is 0 Å². The highest BCUT2D eigenvalue weighted by molar-refractivity contribution is 6.10. The summed E-state index contributed by atoms with van der Waals surface area (Å²) in [6.07, 6.45) is 0. The third-order valence-electron chi connectivity index (χ3n) is 11.1. The van der Waals surface area contributed by atoms with Gasteiger partial charge in [-0.05, 0) is 81.4 Å². The minimum atomic E-state index is 0.897. The van der Waals surface area contributed by atoms with Gasteiger partial charge in [0, 0.05) is 49.6 Å². The first-order valence-corrected chi connectivity index (χ1v) is 19.3. The van der Waals surface area contributed by atoms with Crippen molar-refractivity contribution in [3.8, 4) is 55.6 Å². The smallest absolute Gasteiger partial charge is 0.143 e. The first-order chi connectivity index (χ1) is 28.2. The monoisotopic (exact) mass is 729 g/mol. The van der Waals surface area contributed by atoms with Crippen molar-refractivity contribution < 1.29 is 8.83 Å². The minimum absolute atomic E-state index is 0.897. The predicted octanol–water partition coefficient (Wildman–Crippen LogP) is 15.6. The van der Waals surface area contributed by atoms with E-state index in [0.717, 1.165) is 99.8 Å². The highest BCUT2D eigenvalue weighted by Gasteiger charge is 2.16. The van der Waals surface area contributed by atoms with Crippen molar-refractivity contribution in [2.24, 2.45) is 0 Å². The molecule has 2 aromatic heterocycles. The lowest BCUT2D eigenvalue weighted by Crippen LogP contribution is -1.95. The molecule has 0 spiro atoms. The lowest BCUT2D eigenvalue weighted by Gasteiger charge is -2.16. The zero-order chi connectivity index (χ0) is 37.7. The van der Waals surface area contributed by atoms with E-state index in [-0.39, 0.29) is 0 Å².